The second-order valence-corrected chi connectivity index (χ2v) is 4.79. The van der Waals surface area contributed by atoms with Crippen molar-refractivity contribution in [2.24, 2.45) is 5.41 Å². The molecule has 0 aromatic heterocycles. The Morgan fingerprint density at radius 1 is 1.53 bits per heavy atom. The summed E-state index contributed by atoms with van der Waals surface area (Å²) in [6.07, 6.45) is 0.774. The average Bonchev–Trinajstić information content (AvgIpc) is 2.71. The van der Waals surface area contributed by atoms with Crippen LogP contribution in [0.25, 0.3) is 0 Å². The molecule has 0 bridgehead atoms. The maximum absolute atomic E-state index is 11.7. The van der Waals surface area contributed by atoms with Gasteiger partial charge in [0.05, 0.1) is 12.0 Å². The lowest BCUT2D eigenvalue weighted by Crippen LogP contribution is -2.43. The van der Waals surface area contributed by atoms with Crippen molar-refractivity contribution in [3.05, 3.63) is 0 Å². The van der Waals surface area contributed by atoms with E-state index in [0.29, 0.717) is 13.2 Å². The predicted octanol–water partition coefficient (Wildman–Crippen LogP) is 0.396. The molecule has 0 aliphatic carbocycles. The van der Waals surface area contributed by atoms with Crippen molar-refractivity contribution in [2.45, 2.75) is 33.2 Å². The number of amides is 1. The molecular weight excluding hydrogens is 220 g/mol. The number of carbonyl (C=O) groups excluding carboxylic acids is 2. The van der Waals surface area contributed by atoms with Crippen molar-refractivity contribution in [1.29, 1.82) is 0 Å². The summed E-state index contributed by atoms with van der Waals surface area (Å²) < 4.78 is 4.99. The lowest BCUT2D eigenvalue weighted by atomic mass is 9.89. The van der Waals surface area contributed by atoms with E-state index in [0.717, 1.165) is 13.0 Å². The smallest absolute Gasteiger partial charge is 0.323 e. The van der Waals surface area contributed by atoms with Gasteiger partial charge in [-0.05, 0) is 27.2 Å². The van der Waals surface area contributed by atoms with Crippen LogP contribution < -0.4 is 5.32 Å². The first-order valence-corrected chi connectivity index (χ1v) is 6.07. The van der Waals surface area contributed by atoms with E-state index in [1.54, 1.807) is 14.0 Å². The van der Waals surface area contributed by atoms with Crippen molar-refractivity contribution in [3.63, 3.8) is 0 Å². The molecule has 17 heavy (non-hydrogen) atoms. The van der Waals surface area contributed by atoms with Crippen LogP contribution in [0, 0.1) is 5.41 Å². The number of nitrogens with one attached hydrogen (secondary N) is 1. The Balaban J connectivity index is 2.61. The third-order valence-electron chi connectivity index (χ3n) is 3.45. The van der Waals surface area contributed by atoms with Gasteiger partial charge in [0.2, 0.25) is 5.91 Å². The van der Waals surface area contributed by atoms with E-state index >= 15 is 0 Å². The van der Waals surface area contributed by atoms with Crippen LogP contribution in [0.5, 0.6) is 0 Å². The number of esters is 1. The molecule has 2 atom stereocenters. The van der Waals surface area contributed by atoms with Crippen LogP contribution in [0.3, 0.4) is 0 Å². The number of rotatable bonds is 4. The molecule has 0 aromatic carbocycles. The zero-order valence-corrected chi connectivity index (χ0v) is 11.1. The van der Waals surface area contributed by atoms with Crippen molar-refractivity contribution < 1.29 is 14.3 Å². The van der Waals surface area contributed by atoms with Gasteiger partial charge in [0.15, 0.2) is 0 Å². The lowest BCUT2D eigenvalue weighted by molar-refractivity contribution is -0.149. The minimum atomic E-state index is -0.393. The summed E-state index contributed by atoms with van der Waals surface area (Å²) in [7, 11) is 1.64. The van der Waals surface area contributed by atoms with Crippen LogP contribution in [-0.2, 0) is 14.3 Å². The molecule has 0 saturated carbocycles. The van der Waals surface area contributed by atoms with E-state index in [9.17, 15) is 9.59 Å². The zero-order chi connectivity index (χ0) is 13.1. The minimum Gasteiger partial charge on any atom is -0.465 e. The number of nitrogens with zero attached hydrogens (tertiary/aromatic N) is 1. The number of hydrogen-bond acceptors (Lipinski definition) is 4. The Kier molecular flexibility index (Phi) is 4.51. The van der Waals surface area contributed by atoms with Crippen molar-refractivity contribution >= 4 is 11.9 Å². The molecule has 1 aliphatic heterocycles. The average molecular weight is 242 g/mol. The quantitative estimate of drug-likeness (QED) is 0.725. The summed E-state index contributed by atoms with van der Waals surface area (Å²) in [5, 5.41) is 2.68. The van der Waals surface area contributed by atoms with Crippen molar-refractivity contribution in [2.75, 3.05) is 26.7 Å². The van der Waals surface area contributed by atoms with Crippen LogP contribution in [0.4, 0.5) is 0 Å². The Morgan fingerprint density at radius 3 is 2.71 bits per heavy atom. The first-order valence-electron chi connectivity index (χ1n) is 6.07. The van der Waals surface area contributed by atoms with Gasteiger partial charge in [-0.3, -0.25) is 14.5 Å². The molecule has 0 spiro atoms. The summed E-state index contributed by atoms with van der Waals surface area (Å²) in [6, 6.07) is -0.276. The fourth-order valence-electron chi connectivity index (χ4n) is 2.23. The molecule has 98 valence electrons. The van der Waals surface area contributed by atoms with Gasteiger partial charge in [0.25, 0.3) is 0 Å². The van der Waals surface area contributed by atoms with Crippen LogP contribution in [0.15, 0.2) is 0 Å². The molecule has 5 heteroatoms. The maximum atomic E-state index is 11.7. The lowest BCUT2D eigenvalue weighted by Gasteiger charge is -2.25. The van der Waals surface area contributed by atoms with E-state index in [2.05, 4.69) is 5.32 Å². The molecule has 5 nitrogen and oxygen atoms in total. The van der Waals surface area contributed by atoms with Gasteiger partial charge in [0.1, 0.15) is 6.04 Å². The van der Waals surface area contributed by atoms with Crippen LogP contribution in [-0.4, -0.2) is 49.6 Å². The van der Waals surface area contributed by atoms with E-state index in [1.165, 1.54) is 0 Å². The molecule has 1 aliphatic rings. The van der Waals surface area contributed by atoms with Gasteiger partial charge in [0, 0.05) is 20.1 Å². The fraction of sp³-hybridized carbons (Fsp3) is 0.833. The Labute approximate surface area is 102 Å². The summed E-state index contributed by atoms with van der Waals surface area (Å²) in [5.41, 5.74) is -0.393. The van der Waals surface area contributed by atoms with E-state index in [1.807, 2.05) is 18.7 Å². The third kappa shape index (κ3) is 2.97. The maximum Gasteiger partial charge on any atom is 0.323 e. The largest absolute Gasteiger partial charge is 0.465 e. The molecule has 0 aromatic rings. The van der Waals surface area contributed by atoms with Crippen LogP contribution in [0.1, 0.15) is 27.2 Å². The molecule has 2 unspecified atom stereocenters. The SMILES string of the molecule is CCOC(=O)C(C)N1CCC(C)(C(=O)NC)C1. The number of likely N-dealkylation sites (tertiary alicyclic amines) is 1. The molecule has 1 N–H and O–H groups in total. The van der Waals surface area contributed by atoms with Gasteiger partial charge >= 0.3 is 5.97 Å². The van der Waals surface area contributed by atoms with Gasteiger partial charge in [-0.15, -0.1) is 0 Å². The first-order chi connectivity index (χ1) is 7.94. The standard InChI is InChI=1S/C12H22N2O3/c1-5-17-10(15)9(2)14-7-6-12(3,8-14)11(16)13-4/h9H,5-8H2,1-4H3,(H,13,16). The van der Waals surface area contributed by atoms with Crippen LogP contribution in [0.2, 0.25) is 0 Å². The van der Waals surface area contributed by atoms with Crippen LogP contribution >= 0.6 is 0 Å². The highest BCUT2D eigenvalue weighted by molar-refractivity contribution is 5.83. The Hall–Kier alpha value is -1.10. The van der Waals surface area contributed by atoms with E-state index in [4.69, 9.17) is 4.74 Å². The first kappa shape index (κ1) is 14.0. The normalized spacial score (nSPS) is 26.6. The monoisotopic (exact) mass is 242 g/mol. The summed E-state index contributed by atoms with van der Waals surface area (Å²) >= 11 is 0. The molecule has 0 radical (unpaired) electrons. The highest BCUT2D eigenvalue weighted by Crippen LogP contribution is 2.31. The van der Waals surface area contributed by atoms with E-state index < -0.39 is 5.41 Å². The number of hydrogen-bond donors (Lipinski definition) is 1. The van der Waals surface area contributed by atoms with Gasteiger partial charge < -0.3 is 10.1 Å². The van der Waals surface area contributed by atoms with Gasteiger partial charge in [-0.2, -0.15) is 0 Å². The number of carbonyl (C=O) groups is 2. The third-order valence-corrected chi connectivity index (χ3v) is 3.45. The highest BCUT2D eigenvalue weighted by Gasteiger charge is 2.42. The Bertz CT molecular complexity index is 306. The van der Waals surface area contributed by atoms with Gasteiger partial charge in [-0.25, -0.2) is 0 Å². The fourth-order valence-corrected chi connectivity index (χ4v) is 2.23. The Morgan fingerprint density at radius 2 is 2.18 bits per heavy atom. The number of ether oxygens (including phenoxy) is 1. The molecule has 1 heterocycles. The zero-order valence-electron chi connectivity index (χ0n) is 11.1. The second-order valence-electron chi connectivity index (χ2n) is 4.79. The van der Waals surface area contributed by atoms with Crippen molar-refractivity contribution in [1.82, 2.24) is 10.2 Å². The molecular formula is C12H22N2O3. The molecule has 1 saturated heterocycles. The second kappa shape index (κ2) is 5.49. The molecule has 1 fully saturated rings. The molecule has 1 rings (SSSR count). The summed E-state index contributed by atoms with van der Waals surface area (Å²) in [4.78, 5) is 25.4. The van der Waals surface area contributed by atoms with E-state index in [-0.39, 0.29) is 17.9 Å². The molecule has 1 amide bonds. The summed E-state index contributed by atoms with van der Waals surface area (Å²) in [6.45, 7) is 7.31. The van der Waals surface area contributed by atoms with Gasteiger partial charge in [-0.1, -0.05) is 0 Å². The highest BCUT2D eigenvalue weighted by atomic mass is 16.5. The predicted molar refractivity (Wildman–Crippen MR) is 64.5 cm³/mol. The summed E-state index contributed by atoms with van der Waals surface area (Å²) in [5.74, 6) is -0.176. The topological polar surface area (TPSA) is 58.6 Å². The van der Waals surface area contributed by atoms with Crippen molar-refractivity contribution in [3.8, 4) is 0 Å². The minimum absolute atomic E-state index is 0.0380.